The first-order chi connectivity index (χ1) is 16.8. The van der Waals surface area contributed by atoms with Gasteiger partial charge >= 0.3 is 13.8 Å². The third-order valence-electron chi connectivity index (χ3n) is 6.21. The molecule has 35 heavy (non-hydrogen) atoms. The van der Waals surface area contributed by atoms with E-state index in [1.54, 1.807) is 0 Å². The zero-order valence-electron chi connectivity index (χ0n) is 22.7. The third-order valence-corrected chi connectivity index (χ3v) is 6.69. The molecule has 7 nitrogen and oxygen atoms in total. The van der Waals surface area contributed by atoms with E-state index in [2.05, 4.69) is 11.4 Å². The first-order valence-corrected chi connectivity index (χ1v) is 15.8. The maximum absolute atomic E-state index is 11.1. The number of rotatable bonds is 27. The van der Waals surface area contributed by atoms with E-state index in [0.717, 1.165) is 12.8 Å². The first kappa shape index (κ1) is 34.5. The SMILES string of the molecule is CCCCCCCCCCCCCCCCCCCCCCOC[C@H](COP(=O)(O)O)OC(C)=O. The summed E-state index contributed by atoms with van der Waals surface area (Å²) < 4.78 is 25.6. The van der Waals surface area contributed by atoms with Gasteiger partial charge in [-0.3, -0.25) is 9.32 Å². The number of unbranched alkanes of at least 4 members (excludes halogenated alkanes) is 19. The molecule has 0 amide bonds. The van der Waals surface area contributed by atoms with Crippen LogP contribution in [-0.4, -0.2) is 41.7 Å². The lowest BCUT2D eigenvalue weighted by Crippen LogP contribution is -2.27. The molecule has 0 heterocycles. The lowest BCUT2D eigenvalue weighted by molar-refractivity contribution is -0.151. The van der Waals surface area contributed by atoms with Crippen LogP contribution in [0.5, 0.6) is 0 Å². The van der Waals surface area contributed by atoms with E-state index < -0.39 is 19.9 Å². The average Bonchev–Trinajstić information content (AvgIpc) is 2.79. The van der Waals surface area contributed by atoms with Crippen LogP contribution in [0.4, 0.5) is 0 Å². The molecule has 0 unspecified atom stereocenters. The summed E-state index contributed by atoms with van der Waals surface area (Å²) in [6.45, 7) is 3.73. The Morgan fingerprint density at radius 2 is 1.03 bits per heavy atom. The van der Waals surface area contributed by atoms with E-state index in [1.807, 2.05) is 0 Å². The summed E-state index contributed by atoms with van der Waals surface area (Å²) in [4.78, 5) is 28.6. The number of carbonyl (C=O) groups excluding carboxylic acids is 1. The van der Waals surface area contributed by atoms with Crippen LogP contribution in [0.25, 0.3) is 0 Å². The van der Waals surface area contributed by atoms with Crippen molar-refractivity contribution >= 4 is 13.8 Å². The van der Waals surface area contributed by atoms with E-state index >= 15 is 0 Å². The van der Waals surface area contributed by atoms with Crippen molar-refractivity contribution in [2.45, 2.75) is 148 Å². The highest BCUT2D eigenvalue weighted by Gasteiger charge is 2.20. The second kappa shape index (κ2) is 25.2. The van der Waals surface area contributed by atoms with Gasteiger partial charge in [0.25, 0.3) is 0 Å². The zero-order chi connectivity index (χ0) is 26.0. The van der Waals surface area contributed by atoms with Crippen molar-refractivity contribution in [1.29, 1.82) is 0 Å². The van der Waals surface area contributed by atoms with Crippen LogP contribution in [0.15, 0.2) is 0 Å². The molecule has 0 fully saturated rings. The fourth-order valence-electron chi connectivity index (χ4n) is 4.21. The third kappa shape index (κ3) is 29.7. The van der Waals surface area contributed by atoms with Gasteiger partial charge in [0.2, 0.25) is 0 Å². The molecule has 0 saturated heterocycles. The van der Waals surface area contributed by atoms with Crippen LogP contribution in [0.3, 0.4) is 0 Å². The second-order valence-corrected chi connectivity index (χ2v) is 11.0. The lowest BCUT2D eigenvalue weighted by atomic mass is 10.0. The van der Waals surface area contributed by atoms with Crippen molar-refractivity contribution in [1.82, 2.24) is 0 Å². The Bertz CT molecular complexity index is 510. The number of esters is 1. The maximum Gasteiger partial charge on any atom is 0.469 e. The van der Waals surface area contributed by atoms with Crippen molar-refractivity contribution in [3.8, 4) is 0 Å². The van der Waals surface area contributed by atoms with E-state index in [4.69, 9.17) is 19.3 Å². The maximum atomic E-state index is 11.1. The van der Waals surface area contributed by atoms with Gasteiger partial charge in [-0.2, -0.15) is 0 Å². The molecule has 0 aromatic heterocycles. The van der Waals surface area contributed by atoms with E-state index in [-0.39, 0.29) is 13.2 Å². The van der Waals surface area contributed by atoms with E-state index in [0.29, 0.717) is 6.61 Å². The molecular formula is C27H55O7P. The summed E-state index contributed by atoms with van der Waals surface area (Å²) in [7, 11) is -4.59. The molecule has 0 saturated carbocycles. The summed E-state index contributed by atoms with van der Waals surface area (Å²) in [6, 6.07) is 0. The van der Waals surface area contributed by atoms with Gasteiger partial charge in [-0.15, -0.1) is 0 Å². The average molecular weight is 523 g/mol. The van der Waals surface area contributed by atoms with E-state index in [9.17, 15) is 9.36 Å². The molecule has 0 radical (unpaired) electrons. The van der Waals surface area contributed by atoms with Gasteiger partial charge in [-0.25, -0.2) is 4.57 Å². The quantitative estimate of drug-likeness (QED) is 0.0643. The Morgan fingerprint density at radius 1 is 0.657 bits per heavy atom. The Balaban J connectivity index is 3.33. The summed E-state index contributed by atoms with van der Waals surface area (Å²) >= 11 is 0. The van der Waals surface area contributed by atoms with Crippen molar-refractivity contribution in [2.75, 3.05) is 19.8 Å². The molecule has 0 aliphatic heterocycles. The van der Waals surface area contributed by atoms with Crippen LogP contribution in [0.1, 0.15) is 142 Å². The minimum Gasteiger partial charge on any atom is -0.458 e. The number of hydrogen-bond donors (Lipinski definition) is 2. The predicted octanol–water partition coefficient (Wildman–Crippen LogP) is 7.87. The Kier molecular flexibility index (Phi) is 24.9. The molecule has 0 aliphatic carbocycles. The Morgan fingerprint density at radius 3 is 1.37 bits per heavy atom. The smallest absolute Gasteiger partial charge is 0.458 e. The molecule has 1 atom stereocenters. The molecule has 2 N–H and O–H groups in total. The minimum absolute atomic E-state index is 0.0682. The molecule has 0 rings (SSSR count). The van der Waals surface area contributed by atoms with Gasteiger partial charge in [-0.05, 0) is 6.42 Å². The Labute approximate surface area is 215 Å². The van der Waals surface area contributed by atoms with Crippen LogP contribution >= 0.6 is 7.82 Å². The van der Waals surface area contributed by atoms with Gasteiger partial charge in [0.1, 0.15) is 6.10 Å². The molecular weight excluding hydrogens is 467 g/mol. The molecule has 0 aromatic carbocycles. The number of phosphoric ester groups is 1. The number of phosphoric acid groups is 1. The van der Waals surface area contributed by atoms with Crippen molar-refractivity contribution in [3.63, 3.8) is 0 Å². The normalized spacial score (nSPS) is 12.7. The van der Waals surface area contributed by atoms with Crippen LogP contribution in [-0.2, 0) is 23.4 Å². The molecule has 8 heteroatoms. The molecule has 0 aliphatic rings. The lowest BCUT2D eigenvalue weighted by Gasteiger charge is -2.17. The van der Waals surface area contributed by atoms with Crippen molar-refractivity contribution in [2.24, 2.45) is 0 Å². The van der Waals surface area contributed by atoms with Crippen molar-refractivity contribution in [3.05, 3.63) is 0 Å². The van der Waals surface area contributed by atoms with Gasteiger partial charge < -0.3 is 19.3 Å². The first-order valence-electron chi connectivity index (χ1n) is 14.3. The second-order valence-electron chi connectivity index (χ2n) is 9.81. The monoisotopic (exact) mass is 522 g/mol. The largest absolute Gasteiger partial charge is 0.469 e. The summed E-state index contributed by atoms with van der Waals surface area (Å²) in [5, 5.41) is 0. The van der Waals surface area contributed by atoms with Gasteiger partial charge in [0.05, 0.1) is 13.2 Å². The van der Waals surface area contributed by atoms with Gasteiger partial charge in [0, 0.05) is 13.5 Å². The van der Waals surface area contributed by atoms with Crippen LogP contribution in [0.2, 0.25) is 0 Å². The highest BCUT2D eigenvalue weighted by atomic mass is 31.2. The van der Waals surface area contributed by atoms with Crippen LogP contribution in [0, 0.1) is 0 Å². The highest BCUT2D eigenvalue weighted by molar-refractivity contribution is 7.46. The van der Waals surface area contributed by atoms with Gasteiger partial charge in [0.15, 0.2) is 0 Å². The molecule has 0 bridgehead atoms. The topological polar surface area (TPSA) is 102 Å². The fourth-order valence-corrected chi connectivity index (χ4v) is 4.57. The predicted molar refractivity (Wildman–Crippen MR) is 142 cm³/mol. The molecule has 0 aromatic rings. The van der Waals surface area contributed by atoms with Gasteiger partial charge in [-0.1, -0.05) is 129 Å². The van der Waals surface area contributed by atoms with Crippen molar-refractivity contribution < 1.29 is 33.1 Å². The van der Waals surface area contributed by atoms with E-state index in [1.165, 1.54) is 122 Å². The number of ether oxygens (including phenoxy) is 2. The summed E-state index contributed by atoms with van der Waals surface area (Å²) in [5.41, 5.74) is 0. The standard InChI is InChI=1S/C27H55O7P/c1-3-4-5-6-7-8-9-10-11-12-13-14-15-16-17-18-19-20-21-22-23-32-24-27(34-26(2)28)25-33-35(29,30)31/h27H,3-25H2,1-2H3,(H2,29,30,31)/t27-/m1/s1. The minimum atomic E-state index is -4.59. The summed E-state index contributed by atoms with van der Waals surface area (Å²) in [5.74, 6) is -0.535. The Hall–Kier alpha value is -0.460. The molecule has 210 valence electrons. The highest BCUT2D eigenvalue weighted by Crippen LogP contribution is 2.35. The zero-order valence-corrected chi connectivity index (χ0v) is 23.6. The number of carbonyl (C=O) groups is 1. The molecule has 0 spiro atoms. The van der Waals surface area contributed by atoms with Crippen LogP contribution < -0.4 is 0 Å². The summed E-state index contributed by atoms with van der Waals surface area (Å²) in [6.07, 6.45) is 26.0. The fraction of sp³-hybridized carbons (Fsp3) is 0.963. The number of hydrogen-bond acceptors (Lipinski definition) is 5.